The number of hydrogen-bond donors (Lipinski definition) is 0. The van der Waals surface area contributed by atoms with Gasteiger partial charge >= 0.3 is 0 Å². The molecule has 0 radical (unpaired) electrons. The molecule has 1 aliphatic heterocycles. The van der Waals surface area contributed by atoms with Crippen LogP contribution in [0.15, 0.2) is 54.1 Å². The lowest BCUT2D eigenvalue weighted by Crippen LogP contribution is -2.37. The maximum absolute atomic E-state index is 13.0. The molecular weight excluding hydrogens is 306 g/mol. The van der Waals surface area contributed by atoms with Crippen molar-refractivity contribution in [2.75, 3.05) is 6.54 Å². The Morgan fingerprint density at radius 3 is 2.30 bits per heavy atom. The van der Waals surface area contributed by atoms with E-state index in [9.17, 15) is 8.42 Å². The van der Waals surface area contributed by atoms with Crippen LogP contribution in [0.2, 0.25) is 0 Å². The van der Waals surface area contributed by atoms with Gasteiger partial charge in [0.2, 0.25) is 0 Å². The van der Waals surface area contributed by atoms with Crippen molar-refractivity contribution < 1.29 is 8.42 Å². The summed E-state index contributed by atoms with van der Waals surface area (Å²) in [4.78, 5) is 0.326. The van der Waals surface area contributed by atoms with Crippen LogP contribution in [0.1, 0.15) is 39.2 Å². The number of sulfonamides is 1. The molecule has 1 saturated heterocycles. The van der Waals surface area contributed by atoms with Crippen molar-refractivity contribution in [1.82, 2.24) is 4.31 Å². The van der Waals surface area contributed by atoms with E-state index in [1.807, 2.05) is 25.1 Å². The van der Waals surface area contributed by atoms with Gasteiger partial charge < -0.3 is 0 Å². The molecule has 0 aliphatic carbocycles. The Morgan fingerprint density at radius 2 is 1.83 bits per heavy atom. The third kappa shape index (κ3) is 2.85. The zero-order chi connectivity index (χ0) is 17.5. The first-order chi connectivity index (χ1) is 10.6. The first kappa shape index (κ1) is 17.8. The second-order valence-electron chi connectivity index (χ2n) is 7.41. The molecule has 0 bridgehead atoms. The van der Waals surface area contributed by atoms with Gasteiger partial charge in [0.1, 0.15) is 0 Å². The average molecular weight is 333 g/mol. The molecule has 1 aromatic carbocycles. The van der Waals surface area contributed by atoms with Gasteiger partial charge in [-0.3, -0.25) is 4.31 Å². The van der Waals surface area contributed by atoms with Gasteiger partial charge in [0, 0.05) is 17.7 Å². The Hall–Kier alpha value is -1.55. The van der Waals surface area contributed by atoms with Crippen LogP contribution in [-0.4, -0.2) is 19.3 Å². The monoisotopic (exact) mass is 333 g/mol. The smallest absolute Gasteiger partial charge is 0.264 e. The van der Waals surface area contributed by atoms with E-state index < -0.39 is 10.0 Å². The summed E-state index contributed by atoms with van der Waals surface area (Å²) in [6.07, 6.45) is 3.38. The SMILES string of the molecule is C=CC[C@]1(C(C)(C)C)CCN(S(=O)(=O)c2ccc(C)cc2)C1=C. The normalized spacial score (nSPS) is 22.4. The Bertz CT molecular complexity index is 711. The minimum absolute atomic E-state index is 0.0875. The Balaban J connectivity index is 2.45. The summed E-state index contributed by atoms with van der Waals surface area (Å²) in [5.74, 6) is 0. The lowest BCUT2D eigenvalue weighted by molar-refractivity contribution is 0.140. The van der Waals surface area contributed by atoms with Gasteiger partial charge in [-0.25, -0.2) is 8.42 Å². The minimum Gasteiger partial charge on any atom is -0.270 e. The van der Waals surface area contributed by atoms with Crippen molar-refractivity contribution in [2.45, 2.75) is 45.4 Å². The summed E-state index contributed by atoms with van der Waals surface area (Å²) >= 11 is 0. The fraction of sp³-hybridized carbons (Fsp3) is 0.474. The number of hydrogen-bond acceptors (Lipinski definition) is 2. The van der Waals surface area contributed by atoms with E-state index in [0.29, 0.717) is 17.1 Å². The molecule has 3 nitrogen and oxygen atoms in total. The second-order valence-corrected chi connectivity index (χ2v) is 9.27. The maximum Gasteiger partial charge on any atom is 0.264 e. The van der Waals surface area contributed by atoms with E-state index in [2.05, 4.69) is 33.9 Å². The third-order valence-corrected chi connectivity index (χ3v) is 6.98. The van der Waals surface area contributed by atoms with Crippen molar-refractivity contribution in [3.05, 3.63) is 54.8 Å². The Kier molecular flexibility index (Phi) is 4.51. The minimum atomic E-state index is -3.55. The summed E-state index contributed by atoms with van der Waals surface area (Å²) in [5, 5.41) is 0. The highest BCUT2D eigenvalue weighted by molar-refractivity contribution is 7.89. The Labute approximate surface area is 140 Å². The van der Waals surface area contributed by atoms with E-state index in [4.69, 9.17) is 0 Å². The number of benzene rings is 1. The fourth-order valence-electron chi connectivity index (χ4n) is 3.49. The quantitative estimate of drug-likeness (QED) is 0.760. The van der Waals surface area contributed by atoms with Crippen LogP contribution < -0.4 is 0 Å². The largest absolute Gasteiger partial charge is 0.270 e. The second kappa shape index (κ2) is 5.82. The standard InChI is InChI=1S/C19H27NO2S/c1-7-12-19(18(4,5)6)13-14-20(16(19)3)23(21,22)17-10-8-15(2)9-11-17/h7-11H,1,3,12-14H2,2,4-6H3/t19-/m0/s1. The molecule has 0 unspecified atom stereocenters. The topological polar surface area (TPSA) is 37.4 Å². The van der Waals surface area contributed by atoms with Gasteiger partial charge in [0.15, 0.2) is 0 Å². The highest BCUT2D eigenvalue weighted by Crippen LogP contribution is 2.55. The molecule has 1 atom stereocenters. The van der Waals surface area contributed by atoms with E-state index in [1.54, 1.807) is 12.1 Å². The number of nitrogens with zero attached hydrogens (tertiary/aromatic N) is 1. The van der Waals surface area contributed by atoms with Crippen LogP contribution in [-0.2, 0) is 10.0 Å². The lowest BCUT2D eigenvalue weighted by atomic mass is 9.62. The van der Waals surface area contributed by atoms with Crippen LogP contribution in [0.5, 0.6) is 0 Å². The third-order valence-electron chi connectivity index (χ3n) is 5.13. The molecule has 1 aromatic rings. The maximum atomic E-state index is 13.0. The molecule has 0 saturated carbocycles. The van der Waals surface area contributed by atoms with Gasteiger partial charge in [0.25, 0.3) is 10.0 Å². The summed E-state index contributed by atoms with van der Waals surface area (Å²) in [5.41, 5.74) is 1.37. The highest BCUT2D eigenvalue weighted by Gasteiger charge is 2.51. The van der Waals surface area contributed by atoms with Gasteiger partial charge in [-0.2, -0.15) is 0 Å². The summed E-state index contributed by atoms with van der Waals surface area (Å²) in [6.45, 7) is 16.9. The average Bonchev–Trinajstić information content (AvgIpc) is 2.78. The molecule has 126 valence electrons. The van der Waals surface area contributed by atoms with E-state index >= 15 is 0 Å². The molecule has 4 heteroatoms. The van der Waals surface area contributed by atoms with Crippen molar-refractivity contribution in [3.8, 4) is 0 Å². The van der Waals surface area contributed by atoms with E-state index in [1.165, 1.54) is 4.31 Å². The summed E-state index contributed by atoms with van der Waals surface area (Å²) in [7, 11) is -3.55. The van der Waals surface area contributed by atoms with Crippen LogP contribution in [0.4, 0.5) is 0 Å². The molecule has 1 heterocycles. The molecule has 0 spiro atoms. The van der Waals surface area contributed by atoms with Crippen molar-refractivity contribution in [1.29, 1.82) is 0 Å². The van der Waals surface area contributed by atoms with Gasteiger partial charge in [0.05, 0.1) is 4.90 Å². The number of aryl methyl sites for hydroxylation is 1. The van der Waals surface area contributed by atoms with Crippen molar-refractivity contribution in [3.63, 3.8) is 0 Å². The summed E-state index contributed by atoms with van der Waals surface area (Å²) < 4.78 is 27.5. The van der Waals surface area contributed by atoms with Crippen molar-refractivity contribution in [2.24, 2.45) is 10.8 Å². The van der Waals surface area contributed by atoms with Crippen LogP contribution in [0.3, 0.4) is 0 Å². The molecule has 1 aliphatic rings. The van der Waals surface area contributed by atoms with Gasteiger partial charge in [-0.15, -0.1) is 6.58 Å². The van der Waals surface area contributed by atoms with E-state index in [-0.39, 0.29) is 10.8 Å². The first-order valence-corrected chi connectivity index (χ1v) is 9.40. The molecule has 0 aromatic heterocycles. The van der Waals surface area contributed by atoms with Crippen molar-refractivity contribution >= 4 is 10.0 Å². The van der Waals surface area contributed by atoms with E-state index in [0.717, 1.165) is 18.4 Å². The zero-order valence-corrected chi connectivity index (χ0v) is 15.4. The molecule has 0 N–H and O–H groups in total. The molecule has 23 heavy (non-hydrogen) atoms. The van der Waals surface area contributed by atoms with Gasteiger partial charge in [-0.1, -0.05) is 51.1 Å². The molecule has 2 rings (SSSR count). The number of rotatable bonds is 4. The predicted molar refractivity (Wildman–Crippen MR) is 95.5 cm³/mol. The van der Waals surface area contributed by atoms with Gasteiger partial charge in [-0.05, 0) is 37.3 Å². The van der Waals surface area contributed by atoms with Crippen LogP contribution in [0.25, 0.3) is 0 Å². The van der Waals surface area contributed by atoms with Crippen LogP contribution in [0, 0.1) is 17.8 Å². The zero-order valence-electron chi connectivity index (χ0n) is 14.6. The molecule has 0 amide bonds. The Morgan fingerprint density at radius 1 is 1.26 bits per heavy atom. The number of allylic oxidation sites excluding steroid dienone is 2. The van der Waals surface area contributed by atoms with Crippen LogP contribution >= 0.6 is 0 Å². The summed E-state index contributed by atoms with van der Waals surface area (Å²) in [6, 6.07) is 6.99. The predicted octanol–water partition coefficient (Wildman–Crippen LogP) is 4.51. The highest BCUT2D eigenvalue weighted by atomic mass is 32.2. The lowest BCUT2D eigenvalue weighted by Gasteiger charge is -2.42. The fourth-order valence-corrected chi connectivity index (χ4v) is 5.02. The first-order valence-electron chi connectivity index (χ1n) is 7.96. The molecule has 1 fully saturated rings. The molecular formula is C19H27NO2S.